The number of rotatable bonds is 5. The summed E-state index contributed by atoms with van der Waals surface area (Å²) in [6.07, 6.45) is 4.85. The van der Waals surface area contributed by atoms with E-state index in [1.54, 1.807) is 30.9 Å². The Labute approximate surface area is 121 Å². The first-order chi connectivity index (χ1) is 10.2. The molecule has 3 aromatic rings. The van der Waals surface area contributed by atoms with Gasteiger partial charge in [0.15, 0.2) is 5.76 Å². The molecule has 0 spiro atoms. The lowest BCUT2D eigenvalue weighted by Gasteiger charge is -2.22. The van der Waals surface area contributed by atoms with Crippen molar-refractivity contribution in [2.24, 2.45) is 0 Å². The molecule has 21 heavy (non-hydrogen) atoms. The molecule has 0 bridgehead atoms. The monoisotopic (exact) mass is 285 g/mol. The Bertz CT molecular complexity index is 680. The summed E-state index contributed by atoms with van der Waals surface area (Å²) >= 11 is 0. The first-order valence-corrected chi connectivity index (χ1v) is 6.56. The van der Waals surface area contributed by atoms with Crippen molar-refractivity contribution in [2.75, 3.05) is 7.05 Å². The Morgan fingerprint density at radius 3 is 2.95 bits per heavy atom. The van der Waals surface area contributed by atoms with E-state index in [9.17, 15) is 0 Å². The van der Waals surface area contributed by atoms with Crippen molar-refractivity contribution >= 4 is 0 Å². The van der Waals surface area contributed by atoms with Crippen molar-refractivity contribution in [3.8, 4) is 11.6 Å². The van der Waals surface area contributed by atoms with Gasteiger partial charge in [0.2, 0.25) is 11.7 Å². The second-order valence-corrected chi connectivity index (χ2v) is 4.71. The molecule has 1 atom stereocenters. The Hall–Kier alpha value is -2.54. The van der Waals surface area contributed by atoms with Gasteiger partial charge in [0.1, 0.15) is 6.33 Å². The summed E-state index contributed by atoms with van der Waals surface area (Å²) in [5.74, 6) is 1.58. The molecule has 0 aromatic carbocycles. The van der Waals surface area contributed by atoms with Crippen LogP contribution in [0.25, 0.3) is 11.6 Å². The van der Waals surface area contributed by atoms with Crippen LogP contribution in [0.1, 0.15) is 24.6 Å². The molecular weight excluding hydrogens is 270 g/mol. The zero-order chi connectivity index (χ0) is 14.7. The fraction of sp³-hybridized carbons (Fsp3) is 0.286. The maximum Gasteiger partial charge on any atom is 0.241 e. The maximum atomic E-state index is 5.25. The third kappa shape index (κ3) is 2.97. The largest absolute Gasteiger partial charge is 0.461 e. The highest BCUT2D eigenvalue weighted by molar-refractivity contribution is 5.44. The number of nitrogens with zero attached hydrogens (tertiary/aromatic N) is 5. The number of hydrogen-bond donors (Lipinski definition) is 0. The summed E-state index contributed by atoms with van der Waals surface area (Å²) in [5.41, 5.74) is 0.943. The highest BCUT2D eigenvalue weighted by Gasteiger charge is 2.17. The van der Waals surface area contributed by atoms with Crippen LogP contribution < -0.4 is 0 Å². The van der Waals surface area contributed by atoms with Crippen LogP contribution >= 0.6 is 0 Å². The van der Waals surface area contributed by atoms with Gasteiger partial charge in [-0.05, 0) is 32.2 Å². The fourth-order valence-corrected chi connectivity index (χ4v) is 1.95. The quantitative estimate of drug-likeness (QED) is 0.711. The standard InChI is InChI=1S/C14H15N5O2/c1-10(11-5-6-15-9-16-11)19(2)8-13-17-14(18-21-13)12-4-3-7-20-12/h3-7,9-10H,8H2,1-2H3/t10-/m0/s1. The first kappa shape index (κ1) is 13.4. The average Bonchev–Trinajstić information content (AvgIpc) is 3.18. The lowest BCUT2D eigenvalue weighted by Crippen LogP contribution is -2.22. The SMILES string of the molecule is C[C@@H](c1ccncn1)N(C)Cc1nc(-c2ccco2)no1. The van der Waals surface area contributed by atoms with Crippen LogP contribution in [0.4, 0.5) is 0 Å². The molecule has 0 unspecified atom stereocenters. The molecule has 0 N–H and O–H groups in total. The van der Waals surface area contributed by atoms with Gasteiger partial charge in [0.25, 0.3) is 0 Å². The molecule has 0 amide bonds. The summed E-state index contributed by atoms with van der Waals surface area (Å²) in [6.45, 7) is 2.59. The van der Waals surface area contributed by atoms with Crippen molar-refractivity contribution in [3.05, 3.63) is 48.6 Å². The minimum Gasteiger partial charge on any atom is -0.461 e. The number of aromatic nitrogens is 4. The van der Waals surface area contributed by atoms with Gasteiger partial charge in [0, 0.05) is 12.2 Å². The van der Waals surface area contributed by atoms with Gasteiger partial charge in [0.05, 0.1) is 18.5 Å². The normalized spacial score (nSPS) is 12.7. The van der Waals surface area contributed by atoms with Crippen LogP contribution in [0.3, 0.4) is 0 Å². The van der Waals surface area contributed by atoms with E-state index in [4.69, 9.17) is 8.94 Å². The van der Waals surface area contributed by atoms with Crippen LogP contribution in [-0.2, 0) is 6.54 Å². The minimum absolute atomic E-state index is 0.118. The third-order valence-corrected chi connectivity index (χ3v) is 3.29. The molecule has 7 heteroatoms. The van der Waals surface area contributed by atoms with E-state index in [1.165, 1.54) is 0 Å². The van der Waals surface area contributed by atoms with Gasteiger partial charge in [-0.3, -0.25) is 4.90 Å². The van der Waals surface area contributed by atoms with E-state index in [0.717, 1.165) is 5.69 Å². The number of hydrogen-bond acceptors (Lipinski definition) is 7. The lowest BCUT2D eigenvalue weighted by atomic mass is 10.2. The van der Waals surface area contributed by atoms with E-state index in [-0.39, 0.29) is 6.04 Å². The second-order valence-electron chi connectivity index (χ2n) is 4.71. The van der Waals surface area contributed by atoms with Crippen LogP contribution in [0, 0.1) is 0 Å². The second kappa shape index (κ2) is 5.84. The Morgan fingerprint density at radius 1 is 1.33 bits per heavy atom. The van der Waals surface area contributed by atoms with E-state index in [2.05, 4.69) is 31.9 Å². The summed E-state index contributed by atoms with van der Waals surface area (Å²) in [7, 11) is 1.98. The molecule has 0 aliphatic rings. The molecule has 0 saturated heterocycles. The summed E-state index contributed by atoms with van der Waals surface area (Å²) in [4.78, 5) is 14.6. The third-order valence-electron chi connectivity index (χ3n) is 3.29. The van der Waals surface area contributed by atoms with Crippen molar-refractivity contribution in [1.82, 2.24) is 25.0 Å². The van der Waals surface area contributed by atoms with E-state index in [0.29, 0.717) is 24.0 Å². The van der Waals surface area contributed by atoms with Gasteiger partial charge >= 0.3 is 0 Å². The molecule has 0 saturated carbocycles. The summed E-state index contributed by atoms with van der Waals surface area (Å²) in [6, 6.07) is 5.59. The summed E-state index contributed by atoms with van der Waals surface area (Å²) < 4.78 is 10.5. The van der Waals surface area contributed by atoms with Gasteiger partial charge in [-0.2, -0.15) is 4.98 Å². The van der Waals surface area contributed by atoms with Crippen LogP contribution in [0.5, 0.6) is 0 Å². The van der Waals surface area contributed by atoms with Gasteiger partial charge < -0.3 is 8.94 Å². The van der Waals surface area contributed by atoms with Gasteiger partial charge in [-0.25, -0.2) is 9.97 Å². The first-order valence-electron chi connectivity index (χ1n) is 6.56. The van der Waals surface area contributed by atoms with E-state index in [1.807, 2.05) is 13.1 Å². The van der Waals surface area contributed by atoms with Gasteiger partial charge in [-0.1, -0.05) is 5.16 Å². The maximum absolute atomic E-state index is 5.25. The Morgan fingerprint density at radius 2 is 2.24 bits per heavy atom. The Balaban J connectivity index is 1.69. The van der Waals surface area contributed by atoms with Crippen molar-refractivity contribution in [3.63, 3.8) is 0 Å². The van der Waals surface area contributed by atoms with Crippen molar-refractivity contribution < 1.29 is 8.94 Å². The predicted molar refractivity (Wildman–Crippen MR) is 73.9 cm³/mol. The number of furan rings is 1. The van der Waals surface area contributed by atoms with E-state index < -0.39 is 0 Å². The smallest absolute Gasteiger partial charge is 0.241 e. The van der Waals surface area contributed by atoms with Crippen LogP contribution in [0.15, 0.2) is 45.9 Å². The lowest BCUT2D eigenvalue weighted by molar-refractivity contribution is 0.213. The predicted octanol–water partition coefficient (Wildman–Crippen LogP) is 2.31. The zero-order valence-electron chi connectivity index (χ0n) is 11.8. The van der Waals surface area contributed by atoms with Gasteiger partial charge in [-0.15, -0.1) is 0 Å². The molecule has 3 heterocycles. The molecule has 0 aliphatic carbocycles. The highest BCUT2D eigenvalue weighted by Crippen LogP contribution is 2.20. The van der Waals surface area contributed by atoms with Crippen LogP contribution in [-0.4, -0.2) is 32.1 Å². The molecule has 0 aliphatic heterocycles. The molecular formula is C14H15N5O2. The average molecular weight is 285 g/mol. The molecule has 3 rings (SSSR count). The minimum atomic E-state index is 0.118. The molecule has 108 valence electrons. The molecule has 0 fully saturated rings. The highest BCUT2D eigenvalue weighted by atomic mass is 16.5. The zero-order valence-corrected chi connectivity index (χ0v) is 11.8. The van der Waals surface area contributed by atoms with Crippen molar-refractivity contribution in [2.45, 2.75) is 19.5 Å². The Kier molecular flexibility index (Phi) is 3.74. The molecule has 7 nitrogen and oxygen atoms in total. The molecule has 3 aromatic heterocycles. The van der Waals surface area contributed by atoms with Crippen molar-refractivity contribution in [1.29, 1.82) is 0 Å². The summed E-state index contributed by atoms with van der Waals surface area (Å²) in [5, 5.41) is 3.91. The van der Waals surface area contributed by atoms with E-state index >= 15 is 0 Å². The molecule has 0 radical (unpaired) electrons. The fourth-order valence-electron chi connectivity index (χ4n) is 1.95. The van der Waals surface area contributed by atoms with Crippen LogP contribution in [0.2, 0.25) is 0 Å². The topological polar surface area (TPSA) is 81.1 Å².